The summed E-state index contributed by atoms with van der Waals surface area (Å²) < 4.78 is 0. The Bertz CT molecular complexity index is 454. The molecule has 0 aromatic heterocycles. The van der Waals surface area contributed by atoms with E-state index in [1.54, 1.807) is 12.1 Å². The zero-order valence-corrected chi connectivity index (χ0v) is 14.2. The van der Waals surface area contributed by atoms with Gasteiger partial charge >= 0.3 is 0 Å². The Morgan fingerprint density at radius 3 is 2.58 bits per heavy atom. The second-order valence-corrected chi connectivity index (χ2v) is 7.76. The molecule has 0 spiro atoms. The molecular weight excluding hydrogens is 326 g/mol. The Balaban J connectivity index is 2.56. The molecule has 1 amide bonds. The van der Waals surface area contributed by atoms with Crippen LogP contribution in [0.4, 0.5) is 0 Å². The topological polar surface area (TPSA) is 29.1 Å². The van der Waals surface area contributed by atoms with E-state index >= 15 is 0 Å². The highest BCUT2D eigenvalue weighted by Gasteiger charge is 2.18. The van der Waals surface area contributed by atoms with E-state index in [9.17, 15) is 4.79 Å². The first kappa shape index (κ1) is 16.5. The van der Waals surface area contributed by atoms with E-state index in [0.29, 0.717) is 17.1 Å². The standard InChI is InChI=1S/C15H21BrClNO/c1-10-5-6-12(13(17)7-10)14(19)18-9-11(16)8-15(2,3)4/h5-7,11H,8-9H2,1-4H3,(H,18,19). The van der Waals surface area contributed by atoms with E-state index in [1.165, 1.54) is 0 Å². The molecule has 19 heavy (non-hydrogen) atoms. The number of alkyl halides is 1. The third-order valence-corrected chi connectivity index (χ3v) is 3.65. The predicted molar refractivity (Wildman–Crippen MR) is 85.3 cm³/mol. The summed E-state index contributed by atoms with van der Waals surface area (Å²) in [4.78, 5) is 12.3. The van der Waals surface area contributed by atoms with Gasteiger partial charge in [0.1, 0.15) is 0 Å². The number of nitrogens with one attached hydrogen (secondary N) is 1. The average molecular weight is 347 g/mol. The van der Waals surface area contributed by atoms with Crippen LogP contribution in [0.15, 0.2) is 18.2 Å². The van der Waals surface area contributed by atoms with Crippen molar-refractivity contribution < 1.29 is 4.79 Å². The van der Waals surface area contributed by atoms with Gasteiger partial charge in [-0.2, -0.15) is 0 Å². The van der Waals surface area contributed by atoms with Crippen LogP contribution in [-0.2, 0) is 0 Å². The zero-order valence-electron chi connectivity index (χ0n) is 11.9. The van der Waals surface area contributed by atoms with Crippen molar-refractivity contribution in [3.8, 4) is 0 Å². The first-order chi connectivity index (χ1) is 8.69. The summed E-state index contributed by atoms with van der Waals surface area (Å²) in [6, 6.07) is 5.46. The molecular formula is C15H21BrClNO. The highest BCUT2D eigenvalue weighted by molar-refractivity contribution is 9.09. The van der Waals surface area contributed by atoms with Crippen molar-refractivity contribution in [3.05, 3.63) is 34.3 Å². The molecule has 0 saturated heterocycles. The molecule has 4 heteroatoms. The van der Waals surface area contributed by atoms with Gasteiger partial charge in [0.05, 0.1) is 10.6 Å². The maximum atomic E-state index is 12.0. The van der Waals surface area contributed by atoms with E-state index in [2.05, 4.69) is 42.0 Å². The van der Waals surface area contributed by atoms with E-state index in [4.69, 9.17) is 11.6 Å². The van der Waals surface area contributed by atoms with Gasteiger partial charge in [-0.25, -0.2) is 0 Å². The van der Waals surface area contributed by atoms with Gasteiger partial charge < -0.3 is 5.32 Å². The van der Waals surface area contributed by atoms with Gasteiger partial charge in [-0.1, -0.05) is 54.4 Å². The Morgan fingerprint density at radius 1 is 1.42 bits per heavy atom. The first-order valence-corrected chi connectivity index (χ1v) is 7.67. The molecule has 0 bridgehead atoms. The van der Waals surface area contributed by atoms with Gasteiger partial charge in [0, 0.05) is 11.4 Å². The average Bonchev–Trinajstić information content (AvgIpc) is 2.23. The van der Waals surface area contributed by atoms with Crippen molar-refractivity contribution in [2.24, 2.45) is 5.41 Å². The number of hydrogen-bond acceptors (Lipinski definition) is 1. The number of carbonyl (C=O) groups excluding carboxylic acids is 1. The first-order valence-electron chi connectivity index (χ1n) is 6.37. The van der Waals surface area contributed by atoms with Crippen LogP contribution in [0.1, 0.15) is 43.1 Å². The highest BCUT2D eigenvalue weighted by Crippen LogP contribution is 2.24. The maximum Gasteiger partial charge on any atom is 0.252 e. The summed E-state index contributed by atoms with van der Waals surface area (Å²) in [5, 5.41) is 3.41. The van der Waals surface area contributed by atoms with Gasteiger partial charge in [0.25, 0.3) is 5.91 Å². The van der Waals surface area contributed by atoms with E-state index < -0.39 is 0 Å². The Kier molecular flexibility index (Phi) is 5.87. The van der Waals surface area contributed by atoms with E-state index in [1.807, 2.05) is 13.0 Å². The van der Waals surface area contributed by atoms with Crippen LogP contribution < -0.4 is 5.32 Å². The summed E-state index contributed by atoms with van der Waals surface area (Å²) in [6.45, 7) is 9.09. The minimum atomic E-state index is -0.122. The molecule has 1 rings (SSSR count). The van der Waals surface area contributed by atoms with Gasteiger partial charge in [-0.3, -0.25) is 4.79 Å². The van der Waals surface area contributed by atoms with Crippen molar-refractivity contribution in [3.63, 3.8) is 0 Å². The van der Waals surface area contributed by atoms with Crippen LogP contribution in [0.25, 0.3) is 0 Å². The molecule has 2 nitrogen and oxygen atoms in total. The summed E-state index contributed by atoms with van der Waals surface area (Å²) >= 11 is 9.67. The largest absolute Gasteiger partial charge is 0.351 e. The van der Waals surface area contributed by atoms with Gasteiger partial charge in [0.2, 0.25) is 0 Å². The molecule has 1 atom stereocenters. The molecule has 1 unspecified atom stereocenters. The van der Waals surface area contributed by atoms with Crippen molar-refractivity contribution in [2.75, 3.05) is 6.54 Å². The van der Waals surface area contributed by atoms with E-state index in [0.717, 1.165) is 12.0 Å². The Labute approximate surface area is 129 Å². The van der Waals surface area contributed by atoms with Crippen molar-refractivity contribution in [2.45, 2.75) is 38.9 Å². The lowest BCUT2D eigenvalue weighted by Gasteiger charge is -2.22. The molecule has 0 radical (unpaired) electrons. The maximum absolute atomic E-state index is 12.0. The fourth-order valence-electron chi connectivity index (χ4n) is 1.84. The van der Waals surface area contributed by atoms with Crippen LogP contribution in [0, 0.1) is 12.3 Å². The van der Waals surface area contributed by atoms with Crippen molar-refractivity contribution >= 4 is 33.4 Å². The number of aryl methyl sites for hydroxylation is 1. The third-order valence-electron chi connectivity index (χ3n) is 2.69. The third kappa shape index (κ3) is 5.96. The number of rotatable bonds is 4. The van der Waals surface area contributed by atoms with Gasteiger partial charge in [-0.15, -0.1) is 0 Å². The smallest absolute Gasteiger partial charge is 0.252 e. The zero-order chi connectivity index (χ0) is 14.6. The quantitative estimate of drug-likeness (QED) is 0.794. The van der Waals surface area contributed by atoms with E-state index in [-0.39, 0.29) is 16.1 Å². The van der Waals surface area contributed by atoms with Crippen molar-refractivity contribution in [1.82, 2.24) is 5.32 Å². The lowest BCUT2D eigenvalue weighted by molar-refractivity contribution is 0.0952. The molecule has 0 aliphatic heterocycles. The monoisotopic (exact) mass is 345 g/mol. The summed E-state index contributed by atoms with van der Waals surface area (Å²) in [5.74, 6) is -0.122. The lowest BCUT2D eigenvalue weighted by atomic mass is 9.90. The number of hydrogen-bond donors (Lipinski definition) is 1. The Morgan fingerprint density at radius 2 is 2.05 bits per heavy atom. The van der Waals surface area contributed by atoms with Crippen LogP contribution in [0.5, 0.6) is 0 Å². The van der Waals surface area contributed by atoms with Crippen molar-refractivity contribution in [1.29, 1.82) is 0 Å². The van der Waals surface area contributed by atoms with Crippen LogP contribution in [-0.4, -0.2) is 17.3 Å². The Hall–Kier alpha value is -0.540. The molecule has 0 heterocycles. The molecule has 1 N–H and O–H groups in total. The minimum absolute atomic E-state index is 0.122. The lowest BCUT2D eigenvalue weighted by Crippen LogP contribution is -2.31. The molecule has 0 fully saturated rings. The fourth-order valence-corrected chi connectivity index (χ4v) is 3.29. The number of carbonyl (C=O) groups is 1. The summed E-state index contributed by atoms with van der Waals surface area (Å²) in [6.07, 6.45) is 0.995. The second kappa shape index (κ2) is 6.76. The number of benzene rings is 1. The van der Waals surface area contributed by atoms with Gasteiger partial charge in [-0.05, 0) is 36.5 Å². The predicted octanol–water partition coefficient (Wildman–Crippen LogP) is 4.58. The summed E-state index contributed by atoms with van der Waals surface area (Å²) in [5.41, 5.74) is 1.82. The highest BCUT2D eigenvalue weighted by atomic mass is 79.9. The second-order valence-electron chi connectivity index (χ2n) is 6.06. The molecule has 0 aliphatic carbocycles. The van der Waals surface area contributed by atoms with Crippen LogP contribution in [0.2, 0.25) is 5.02 Å². The molecule has 0 saturated carbocycles. The van der Waals surface area contributed by atoms with Crippen LogP contribution >= 0.6 is 27.5 Å². The number of halogens is 2. The fraction of sp³-hybridized carbons (Fsp3) is 0.533. The van der Waals surface area contributed by atoms with Gasteiger partial charge in [0.15, 0.2) is 0 Å². The molecule has 106 valence electrons. The van der Waals surface area contributed by atoms with Crippen LogP contribution in [0.3, 0.4) is 0 Å². The molecule has 1 aromatic rings. The molecule has 1 aromatic carbocycles. The SMILES string of the molecule is Cc1ccc(C(=O)NCC(Br)CC(C)(C)C)c(Cl)c1. The minimum Gasteiger partial charge on any atom is -0.351 e. The number of amides is 1. The summed E-state index contributed by atoms with van der Waals surface area (Å²) in [7, 11) is 0. The normalized spacial score (nSPS) is 13.2. The molecule has 0 aliphatic rings.